The molecule has 2 aromatic carbocycles. The maximum Gasteiger partial charge on any atom is 0.272 e. The standard InChI is InChI=1S/C20H21N3O4/c1-21-17(12-14-8-4-3-5-9-14)19(24)22(2)18(20(21)25)13-15-10-6-7-11-16(15)23(26)27/h3-11,17-18H,12-13H2,1-2H3. The Morgan fingerprint density at radius 3 is 1.96 bits per heavy atom. The summed E-state index contributed by atoms with van der Waals surface area (Å²) in [5.74, 6) is -0.374. The van der Waals surface area contributed by atoms with Gasteiger partial charge in [0.15, 0.2) is 0 Å². The molecule has 0 radical (unpaired) electrons. The molecule has 7 nitrogen and oxygen atoms in total. The molecule has 1 saturated heterocycles. The first-order valence-electron chi connectivity index (χ1n) is 8.69. The zero-order valence-electron chi connectivity index (χ0n) is 15.2. The van der Waals surface area contributed by atoms with E-state index >= 15 is 0 Å². The lowest BCUT2D eigenvalue weighted by atomic mass is 9.95. The van der Waals surface area contributed by atoms with Crippen molar-refractivity contribution in [3.05, 3.63) is 75.8 Å². The molecule has 0 bridgehead atoms. The molecule has 140 valence electrons. The van der Waals surface area contributed by atoms with E-state index < -0.39 is 17.0 Å². The van der Waals surface area contributed by atoms with Gasteiger partial charge in [0.25, 0.3) is 5.69 Å². The monoisotopic (exact) mass is 367 g/mol. The van der Waals surface area contributed by atoms with Gasteiger partial charge in [-0.2, -0.15) is 0 Å². The number of para-hydroxylation sites is 1. The Kier molecular flexibility index (Phi) is 5.21. The van der Waals surface area contributed by atoms with Gasteiger partial charge in [0.05, 0.1) is 4.92 Å². The number of likely N-dealkylation sites (N-methyl/N-ethyl adjacent to an activating group) is 2. The fourth-order valence-corrected chi connectivity index (χ4v) is 3.46. The Labute approximate surface area is 157 Å². The van der Waals surface area contributed by atoms with Gasteiger partial charge in [-0.1, -0.05) is 48.5 Å². The van der Waals surface area contributed by atoms with Crippen molar-refractivity contribution in [1.82, 2.24) is 9.80 Å². The molecule has 0 N–H and O–H groups in total. The largest absolute Gasteiger partial charge is 0.332 e. The molecular formula is C20H21N3O4. The Bertz CT molecular complexity index is 869. The van der Waals surface area contributed by atoms with Crippen LogP contribution in [0, 0.1) is 10.1 Å². The van der Waals surface area contributed by atoms with Gasteiger partial charge in [-0.3, -0.25) is 19.7 Å². The minimum absolute atomic E-state index is 0.0415. The summed E-state index contributed by atoms with van der Waals surface area (Å²) in [4.78, 5) is 39.5. The highest BCUT2D eigenvalue weighted by Crippen LogP contribution is 2.25. The number of rotatable bonds is 5. The lowest BCUT2D eigenvalue weighted by molar-refractivity contribution is -0.385. The first kappa shape index (κ1) is 18.6. The third kappa shape index (κ3) is 3.67. The summed E-state index contributed by atoms with van der Waals surface area (Å²) in [6.45, 7) is 0. The average molecular weight is 367 g/mol. The van der Waals surface area contributed by atoms with Crippen molar-refractivity contribution in [1.29, 1.82) is 0 Å². The Hall–Kier alpha value is -3.22. The lowest BCUT2D eigenvalue weighted by Crippen LogP contribution is -2.63. The number of nitro benzene ring substituents is 1. The number of carbonyl (C=O) groups excluding carboxylic acids is 2. The average Bonchev–Trinajstić information content (AvgIpc) is 2.68. The number of piperazine rings is 1. The van der Waals surface area contributed by atoms with Crippen molar-refractivity contribution in [2.75, 3.05) is 14.1 Å². The third-order valence-electron chi connectivity index (χ3n) is 5.07. The van der Waals surface area contributed by atoms with E-state index in [1.807, 2.05) is 30.3 Å². The van der Waals surface area contributed by atoms with Crippen LogP contribution in [0.25, 0.3) is 0 Å². The maximum atomic E-state index is 12.9. The molecule has 1 heterocycles. The molecule has 0 spiro atoms. The number of carbonyl (C=O) groups is 2. The number of amides is 2. The van der Waals surface area contributed by atoms with E-state index in [2.05, 4.69) is 0 Å². The molecule has 1 aliphatic heterocycles. The summed E-state index contributed by atoms with van der Waals surface area (Å²) < 4.78 is 0. The summed E-state index contributed by atoms with van der Waals surface area (Å²) in [6.07, 6.45) is 0.547. The molecule has 1 aliphatic rings. The van der Waals surface area contributed by atoms with Crippen molar-refractivity contribution in [2.45, 2.75) is 24.9 Å². The van der Waals surface area contributed by atoms with Crippen molar-refractivity contribution >= 4 is 17.5 Å². The van der Waals surface area contributed by atoms with Crippen LogP contribution in [0.5, 0.6) is 0 Å². The van der Waals surface area contributed by atoms with E-state index in [0.29, 0.717) is 12.0 Å². The molecule has 27 heavy (non-hydrogen) atoms. The molecule has 0 aliphatic carbocycles. The molecule has 1 fully saturated rings. The molecule has 0 saturated carbocycles. The topological polar surface area (TPSA) is 83.8 Å². The summed E-state index contributed by atoms with van der Waals surface area (Å²) in [5.41, 5.74) is 1.37. The molecule has 3 rings (SSSR count). The summed E-state index contributed by atoms with van der Waals surface area (Å²) in [5, 5.41) is 11.2. The van der Waals surface area contributed by atoms with E-state index in [-0.39, 0.29) is 23.9 Å². The van der Waals surface area contributed by atoms with Crippen LogP contribution in [-0.4, -0.2) is 52.7 Å². The Morgan fingerprint density at radius 1 is 0.852 bits per heavy atom. The highest BCUT2D eigenvalue weighted by molar-refractivity contribution is 5.97. The maximum absolute atomic E-state index is 12.9. The van der Waals surface area contributed by atoms with Gasteiger partial charge < -0.3 is 9.80 Å². The van der Waals surface area contributed by atoms with Gasteiger partial charge in [-0.25, -0.2) is 0 Å². The minimum atomic E-state index is -0.754. The SMILES string of the molecule is CN1C(=O)C(Cc2ccccc2[N+](=O)[O-])N(C)C(=O)C1Cc1ccccc1. The minimum Gasteiger partial charge on any atom is -0.332 e. The van der Waals surface area contributed by atoms with Gasteiger partial charge >= 0.3 is 0 Å². The van der Waals surface area contributed by atoms with Crippen molar-refractivity contribution in [3.63, 3.8) is 0 Å². The number of nitro groups is 1. The van der Waals surface area contributed by atoms with Crippen LogP contribution in [0.2, 0.25) is 0 Å². The normalized spacial score (nSPS) is 20.1. The van der Waals surface area contributed by atoms with Gasteiger partial charge in [-0.15, -0.1) is 0 Å². The molecular weight excluding hydrogens is 346 g/mol. The summed E-state index contributed by atoms with van der Waals surface area (Å²) >= 11 is 0. The second kappa shape index (κ2) is 7.57. The van der Waals surface area contributed by atoms with E-state index in [4.69, 9.17) is 0 Å². The predicted octanol–water partition coefficient (Wildman–Crippen LogP) is 2.05. The van der Waals surface area contributed by atoms with Crippen molar-refractivity contribution < 1.29 is 14.5 Å². The van der Waals surface area contributed by atoms with Crippen LogP contribution in [0.1, 0.15) is 11.1 Å². The smallest absolute Gasteiger partial charge is 0.272 e. The molecule has 2 amide bonds. The highest BCUT2D eigenvalue weighted by Gasteiger charge is 2.43. The van der Waals surface area contributed by atoms with Gasteiger partial charge in [-0.05, 0) is 5.56 Å². The highest BCUT2D eigenvalue weighted by atomic mass is 16.6. The van der Waals surface area contributed by atoms with Gasteiger partial charge in [0, 0.05) is 38.6 Å². The zero-order chi connectivity index (χ0) is 19.6. The zero-order valence-corrected chi connectivity index (χ0v) is 15.2. The van der Waals surface area contributed by atoms with E-state index in [1.165, 1.54) is 15.9 Å². The molecule has 7 heteroatoms. The van der Waals surface area contributed by atoms with Crippen LogP contribution in [0.3, 0.4) is 0 Å². The van der Waals surface area contributed by atoms with Crippen LogP contribution < -0.4 is 0 Å². The predicted molar refractivity (Wildman–Crippen MR) is 100 cm³/mol. The van der Waals surface area contributed by atoms with Crippen molar-refractivity contribution in [3.8, 4) is 0 Å². The van der Waals surface area contributed by atoms with Gasteiger partial charge in [0.2, 0.25) is 11.8 Å². The van der Waals surface area contributed by atoms with Gasteiger partial charge in [0.1, 0.15) is 12.1 Å². The second-order valence-corrected chi connectivity index (χ2v) is 6.71. The Morgan fingerprint density at radius 2 is 1.37 bits per heavy atom. The molecule has 0 aromatic heterocycles. The third-order valence-corrected chi connectivity index (χ3v) is 5.07. The van der Waals surface area contributed by atoms with E-state index in [0.717, 1.165) is 5.56 Å². The molecule has 2 unspecified atom stereocenters. The van der Waals surface area contributed by atoms with Crippen LogP contribution in [0.4, 0.5) is 5.69 Å². The first-order chi connectivity index (χ1) is 12.9. The summed E-state index contributed by atoms with van der Waals surface area (Å²) in [7, 11) is 3.21. The first-order valence-corrected chi connectivity index (χ1v) is 8.69. The number of nitrogens with zero attached hydrogens (tertiary/aromatic N) is 3. The summed E-state index contributed by atoms with van der Waals surface area (Å²) in [6, 6.07) is 14.5. The second-order valence-electron chi connectivity index (χ2n) is 6.71. The van der Waals surface area contributed by atoms with Crippen LogP contribution >= 0.6 is 0 Å². The van der Waals surface area contributed by atoms with E-state index in [9.17, 15) is 19.7 Å². The van der Waals surface area contributed by atoms with Crippen LogP contribution in [-0.2, 0) is 22.4 Å². The number of hydrogen-bond acceptors (Lipinski definition) is 4. The van der Waals surface area contributed by atoms with E-state index in [1.54, 1.807) is 32.3 Å². The number of hydrogen-bond donors (Lipinski definition) is 0. The quantitative estimate of drug-likeness (QED) is 0.598. The number of benzene rings is 2. The fraction of sp³-hybridized carbons (Fsp3) is 0.300. The fourth-order valence-electron chi connectivity index (χ4n) is 3.46. The molecule has 2 aromatic rings. The lowest BCUT2D eigenvalue weighted by Gasteiger charge is -2.42. The van der Waals surface area contributed by atoms with Crippen LogP contribution in [0.15, 0.2) is 54.6 Å². The van der Waals surface area contributed by atoms with Crippen molar-refractivity contribution in [2.24, 2.45) is 0 Å². The Balaban J connectivity index is 1.83. The molecule has 2 atom stereocenters.